The van der Waals surface area contributed by atoms with Crippen molar-refractivity contribution in [1.29, 1.82) is 0 Å². The molecule has 0 aliphatic rings. The molecule has 0 bridgehead atoms. The zero-order chi connectivity index (χ0) is 40.3. The van der Waals surface area contributed by atoms with Gasteiger partial charge in [0.15, 0.2) is 0 Å². The summed E-state index contributed by atoms with van der Waals surface area (Å²) in [6.07, 6.45) is 8.41. The van der Waals surface area contributed by atoms with Crippen LogP contribution in [0.15, 0.2) is 217 Å². The third-order valence-electron chi connectivity index (χ3n) is 11.1. The molecule has 59 heavy (non-hydrogen) atoms. The number of rotatable bonds is 8. The van der Waals surface area contributed by atoms with E-state index in [-0.39, 0.29) is 0 Å². The first-order valence-electron chi connectivity index (χ1n) is 20.5. The number of fused-ring (bicyclic) bond motifs is 6. The number of aromatic nitrogens is 1. The fourth-order valence-corrected chi connectivity index (χ4v) is 8.77. The van der Waals surface area contributed by atoms with Gasteiger partial charge in [-0.05, 0) is 64.6 Å². The highest BCUT2D eigenvalue weighted by Crippen LogP contribution is 2.53. The molecule has 0 saturated carbocycles. The highest BCUT2D eigenvalue weighted by atomic mass is 16.3. The Bertz CT molecular complexity index is 3180. The maximum atomic E-state index is 6.57. The van der Waals surface area contributed by atoms with Crippen molar-refractivity contribution in [2.45, 2.75) is 20.8 Å². The van der Waals surface area contributed by atoms with Gasteiger partial charge in [-0.1, -0.05) is 202 Å². The standard InChI is InChI=1S/C55H39NO.C2H6/c1-3-20-37(21-4-2)51-49(38-22-8-5-9-23-38)50(39-24-10-6-11-25-39)52(40-26-12-7-13-27-40)54-53(51)46-31-14-16-34-47(46)56(54)42-29-18-28-41(36-42)43-32-19-33-45-44-30-15-17-35-48(44)57-55(43)45;1-2/h3-36H,1H2,2H3;1-2H3/b21-4-,37-20+;. The lowest BCUT2D eigenvalue weighted by Gasteiger charge is -2.24. The Kier molecular flexibility index (Phi) is 10.2. The van der Waals surface area contributed by atoms with Crippen molar-refractivity contribution >= 4 is 49.3 Å². The van der Waals surface area contributed by atoms with Gasteiger partial charge in [0.25, 0.3) is 0 Å². The number of benzene rings is 8. The second-order valence-corrected chi connectivity index (χ2v) is 14.4. The van der Waals surface area contributed by atoms with E-state index in [1.54, 1.807) is 0 Å². The van der Waals surface area contributed by atoms with E-state index >= 15 is 0 Å². The molecular formula is C57H45NO. The summed E-state index contributed by atoms with van der Waals surface area (Å²) in [4.78, 5) is 0. The van der Waals surface area contributed by atoms with Gasteiger partial charge in [0.05, 0.1) is 11.0 Å². The normalized spacial score (nSPS) is 11.7. The molecule has 0 amide bonds. The van der Waals surface area contributed by atoms with Gasteiger partial charge in [-0.15, -0.1) is 0 Å². The van der Waals surface area contributed by atoms with Crippen molar-refractivity contribution in [1.82, 2.24) is 4.57 Å². The minimum atomic E-state index is 0.894. The maximum absolute atomic E-state index is 6.57. The van der Waals surface area contributed by atoms with Gasteiger partial charge in [0.2, 0.25) is 0 Å². The van der Waals surface area contributed by atoms with Crippen LogP contribution in [0.5, 0.6) is 0 Å². The van der Waals surface area contributed by atoms with Crippen LogP contribution < -0.4 is 0 Å². The van der Waals surface area contributed by atoms with E-state index in [2.05, 4.69) is 206 Å². The van der Waals surface area contributed by atoms with Gasteiger partial charge < -0.3 is 8.98 Å². The zero-order valence-corrected chi connectivity index (χ0v) is 33.7. The third-order valence-corrected chi connectivity index (χ3v) is 11.1. The number of nitrogens with zero attached hydrogens (tertiary/aromatic N) is 1. The number of para-hydroxylation sites is 3. The lowest BCUT2D eigenvalue weighted by molar-refractivity contribution is 0.670. The molecule has 2 heteroatoms. The monoisotopic (exact) mass is 759 g/mol. The second kappa shape index (κ2) is 16.2. The summed E-state index contributed by atoms with van der Waals surface area (Å²) in [7, 11) is 0. The fraction of sp³-hybridized carbons (Fsp3) is 0.0526. The molecule has 0 spiro atoms. The SMILES string of the molecule is C=C/C=C(\C=C/C)c1c(-c2ccccc2)c(-c2ccccc2)c(-c2ccccc2)c2c1c1ccccc1n2-c1cccc(-c2cccc3c2oc2ccccc23)c1.CC. The maximum Gasteiger partial charge on any atom is 0.143 e. The lowest BCUT2D eigenvalue weighted by atomic mass is 9.80. The minimum Gasteiger partial charge on any atom is -0.455 e. The molecular weight excluding hydrogens is 715 g/mol. The second-order valence-electron chi connectivity index (χ2n) is 14.4. The van der Waals surface area contributed by atoms with Gasteiger partial charge in [-0.3, -0.25) is 0 Å². The molecule has 0 fully saturated rings. The predicted molar refractivity (Wildman–Crippen MR) is 254 cm³/mol. The summed E-state index contributed by atoms with van der Waals surface area (Å²) >= 11 is 0. The number of hydrogen-bond acceptors (Lipinski definition) is 1. The smallest absolute Gasteiger partial charge is 0.143 e. The zero-order valence-electron chi connectivity index (χ0n) is 33.7. The van der Waals surface area contributed by atoms with E-state index in [1.165, 1.54) is 33.0 Å². The molecule has 0 unspecified atom stereocenters. The highest BCUT2D eigenvalue weighted by Gasteiger charge is 2.29. The molecule has 10 rings (SSSR count). The van der Waals surface area contributed by atoms with E-state index < -0.39 is 0 Å². The third kappa shape index (κ3) is 6.40. The van der Waals surface area contributed by atoms with Crippen molar-refractivity contribution in [2.24, 2.45) is 0 Å². The summed E-state index contributed by atoms with van der Waals surface area (Å²) in [6.45, 7) is 10.3. The summed E-state index contributed by atoms with van der Waals surface area (Å²) < 4.78 is 9.05. The quantitative estimate of drug-likeness (QED) is 0.141. The van der Waals surface area contributed by atoms with E-state index in [0.29, 0.717) is 0 Å². The largest absolute Gasteiger partial charge is 0.455 e. The fourth-order valence-electron chi connectivity index (χ4n) is 8.77. The Morgan fingerprint density at radius 3 is 1.78 bits per heavy atom. The average Bonchev–Trinajstić information content (AvgIpc) is 3.86. The summed E-state index contributed by atoms with van der Waals surface area (Å²) in [5.41, 5.74) is 16.6. The van der Waals surface area contributed by atoms with Gasteiger partial charge in [0, 0.05) is 49.5 Å². The Balaban J connectivity index is 0.00000221. The molecule has 0 aliphatic heterocycles. The number of hydrogen-bond donors (Lipinski definition) is 0. The summed E-state index contributed by atoms with van der Waals surface area (Å²) in [5.74, 6) is 0. The minimum absolute atomic E-state index is 0.894. The highest BCUT2D eigenvalue weighted by molar-refractivity contribution is 6.25. The van der Waals surface area contributed by atoms with Gasteiger partial charge >= 0.3 is 0 Å². The first kappa shape index (κ1) is 37.2. The van der Waals surface area contributed by atoms with Crippen LogP contribution in [0, 0.1) is 0 Å². The Labute approximate surface area is 346 Å². The van der Waals surface area contributed by atoms with Crippen LogP contribution in [-0.4, -0.2) is 4.57 Å². The van der Waals surface area contributed by atoms with Crippen molar-refractivity contribution < 1.29 is 4.42 Å². The molecule has 10 aromatic rings. The van der Waals surface area contributed by atoms with Crippen molar-refractivity contribution in [3.05, 3.63) is 218 Å². The van der Waals surface area contributed by atoms with Crippen LogP contribution in [0.25, 0.3) is 99.5 Å². The molecule has 0 aliphatic carbocycles. The molecule has 0 atom stereocenters. The molecule has 0 N–H and O–H groups in total. The van der Waals surface area contributed by atoms with Gasteiger partial charge in [-0.25, -0.2) is 0 Å². The molecule has 0 radical (unpaired) electrons. The summed E-state index contributed by atoms with van der Waals surface area (Å²) in [6, 6.07) is 65.2. The van der Waals surface area contributed by atoms with Crippen LogP contribution in [0.4, 0.5) is 0 Å². The van der Waals surface area contributed by atoms with Crippen molar-refractivity contribution in [2.75, 3.05) is 0 Å². The molecule has 0 saturated heterocycles. The van der Waals surface area contributed by atoms with Crippen LogP contribution in [-0.2, 0) is 0 Å². The number of furan rings is 1. The van der Waals surface area contributed by atoms with Crippen LogP contribution in [0.2, 0.25) is 0 Å². The Hall–Kier alpha value is -7.42. The van der Waals surface area contributed by atoms with Crippen molar-refractivity contribution in [3.63, 3.8) is 0 Å². The average molecular weight is 760 g/mol. The van der Waals surface area contributed by atoms with Crippen LogP contribution >= 0.6 is 0 Å². The Morgan fingerprint density at radius 1 is 0.542 bits per heavy atom. The van der Waals surface area contributed by atoms with E-state index in [9.17, 15) is 0 Å². The van der Waals surface area contributed by atoms with Crippen molar-refractivity contribution in [3.8, 4) is 50.2 Å². The number of allylic oxidation sites excluding steroid dienone is 5. The first-order chi connectivity index (χ1) is 29.2. The molecule has 2 heterocycles. The molecule has 2 nitrogen and oxygen atoms in total. The molecule has 2 aromatic heterocycles. The predicted octanol–water partition coefficient (Wildman–Crippen LogP) is 16.5. The topological polar surface area (TPSA) is 18.1 Å². The van der Waals surface area contributed by atoms with Gasteiger partial charge in [-0.2, -0.15) is 0 Å². The van der Waals surface area contributed by atoms with E-state index in [1.807, 2.05) is 32.1 Å². The molecule has 284 valence electrons. The lowest BCUT2D eigenvalue weighted by Crippen LogP contribution is -2.02. The van der Waals surface area contributed by atoms with E-state index in [0.717, 1.165) is 72.0 Å². The van der Waals surface area contributed by atoms with E-state index in [4.69, 9.17) is 4.42 Å². The summed E-state index contributed by atoms with van der Waals surface area (Å²) in [5, 5.41) is 4.62. The van der Waals surface area contributed by atoms with Crippen LogP contribution in [0.1, 0.15) is 26.3 Å². The molecule has 8 aromatic carbocycles. The van der Waals surface area contributed by atoms with Gasteiger partial charge in [0.1, 0.15) is 11.2 Å². The van der Waals surface area contributed by atoms with Crippen LogP contribution in [0.3, 0.4) is 0 Å². The first-order valence-corrected chi connectivity index (χ1v) is 20.5. The Morgan fingerprint density at radius 2 is 1.10 bits per heavy atom.